The molecular weight excluding hydrogens is 410 g/mol. The highest BCUT2D eigenvalue weighted by molar-refractivity contribution is 7.19. The molecule has 0 fully saturated rings. The van der Waals surface area contributed by atoms with Gasteiger partial charge in [-0.15, -0.1) is 0 Å². The van der Waals surface area contributed by atoms with E-state index < -0.39 is 0 Å². The maximum Gasteiger partial charge on any atom is 0.223 e. The molecule has 2 N–H and O–H groups in total. The lowest BCUT2D eigenvalue weighted by molar-refractivity contribution is -0.114. The number of anilines is 2. The number of rotatable bonds is 4. The molecule has 0 bridgehead atoms. The van der Waals surface area contributed by atoms with Gasteiger partial charge in [-0.05, 0) is 43.5 Å². The Bertz CT molecular complexity index is 1250. The normalized spacial score (nSPS) is 12.6. The first-order valence-electron chi connectivity index (χ1n) is 10.1. The van der Waals surface area contributed by atoms with E-state index in [1.807, 2.05) is 42.2 Å². The summed E-state index contributed by atoms with van der Waals surface area (Å²) in [5.74, 6) is 0.688. The quantitative estimate of drug-likeness (QED) is 0.508. The fraction of sp³-hybridized carbons (Fsp3) is 0.227. The molecule has 9 heteroatoms. The summed E-state index contributed by atoms with van der Waals surface area (Å²) in [7, 11) is 1.85. The SMILES string of the molecule is CNc1ccc(-c2nn(-c3cccnc3)c3c2CCCc2nc(NC(C)=O)sc2-3)cn1. The maximum atomic E-state index is 11.6. The number of carbonyl (C=O) groups is 1. The highest BCUT2D eigenvalue weighted by atomic mass is 32.1. The second kappa shape index (κ2) is 7.92. The van der Waals surface area contributed by atoms with E-state index in [0.29, 0.717) is 5.13 Å². The zero-order valence-electron chi connectivity index (χ0n) is 17.2. The summed E-state index contributed by atoms with van der Waals surface area (Å²) >= 11 is 1.49. The number of amides is 1. The lowest BCUT2D eigenvalue weighted by atomic mass is 10.0. The predicted molar refractivity (Wildman–Crippen MR) is 122 cm³/mol. The van der Waals surface area contributed by atoms with Gasteiger partial charge in [-0.25, -0.2) is 14.6 Å². The van der Waals surface area contributed by atoms with E-state index >= 15 is 0 Å². The molecule has 0 radical (unpaired) electrons. The van der Waals surface area contributed by atoms with Crippen LogP contribution in [0, 0.1) is 0 Å². The van der Waals surface area contributed by atoms with Crippen molar-refractivity contribution < 1.29 is 4.79 Å². The third kappa shape index (κ3) is 3.57. The van der Waals surface area contributed by atoms with Crippen molar-refractivity contribution in [3.63, 3.8) is 0 Å². The Balaban J connectivity index is 1.73. The largest absolute Gasteiger partial charge is 0.373 e. The third-order valence-corrected chi connectivity index (χ3v) is 6.22. The summed E-state index contributed by atoms with van der Waals surface area (Å²) in [6.07, 6.45) is 8.10. The molecule has 4 aromatic heterocycles. The van der Waals surface area contributed by atoms with Crippen molar-refractivity contribution >= 4 is 28.2 Å². The molecule has 4 heterocycles. The van der Waals surface area contributed by atoms with E-state index in [1.165, 1.54) is 23.8 Å². The Kier molecular flexibility index (Phi) is 4.95. The van der Waals surface area contributed by atoms with Gasteiger partial charge in [0.2, 0.25) is 5.91 Å². The summed E-state index contributed by atoms with van der Waals surface area (Å²) in [4.78, 5) is 26.1. The van der Waals surface area contributed by atoms with Gasteiger partial charge >= 0.3 is 0 Å². The summed E-state index contributed by atoms with van der Waals surface area (Å²) in [5.41, 5.74) is 5.94. The Labute approximate surface area is 183 Å². The summed E-state index contributed by atoms with van der Waals surface area (Å²) in [6.45, 7) is 1.50. The van der Waals surface area contributed by atoms with Gasteiger partial charge in [0, 0.05) is 37.5 Å². The van der Waals surface area contributed by atoms with Crippen LogP contribution in [0.4, 0.5) is 10.9 Å². The van der Waals surface area contributed by atoms with Crippen LogP contribution < -0.4 is 10.6 Å². The fourth-order valence-corrected chi connectivity index (χ4v) is 4.96. The molecule has 31 heavy (non-hydrogen) atoms. The van der Waals surface area contributed by atoms with Crippen molar-refractivity contribution in [2.24, 2.45) is 0 Å². The molecule has 1 aliphatic rings. The molecule has 0 atom stereocenters. The molecule has 5 rings (SSSR count). The van der Waals surface area contributed by atoms with Crippen LogP contribution in [0.15, 0.2) is 42.9 Å². The van der Waals surface area contributed by atoms with Gasteiger partial charge in [0.15, 0.2) is 5.13 Å². The molecule has 1 amide bonds. The molecule has 0 saturated heterocycles. The van der Waals surface area contributed by atoms with Crippen LogP contribution in [0.2, 0.25) is 0 Å². The summed E-state index contributed by atoms with van der Waals surface area (Å²) in [6, 6.07) is 7.89. The summed E-state index contributed by atoms with van der Waals surface area (Å²) < 4.78 is 1.95. The number of aryl methyl sites for hydroxylation is 1. The molecular formula is C22H21N7OS. The van der Waals surface area contributed by atoms with E-state index in [2.05, 4.69) is 20.6 Å². The number of thiazole rings is 1. The lowest BCUT2D eigenvalue weighted by Crippen LogP contribution is -2.05. The van der Waals surface area contributed by atoms with Gasteiger partial charge in [-0.3, -0.25) is 9.78 Å². The standard InChI is InChI=1S/C22H21N7OS/c1-13(30)26-22-27-17-7-3-6-16-19(14-8-9-18(23-2)25-11-14)28-29(20(16)21(17)31-22)15-5-4-10-24-12-15/h4-5,8-12H,3,6-7H2,1-2H3,(H,23,25)(H,26,27,30). The van der Waals surface area contributed by atoms with Gasteiger partial charge in [-0.2, -0.15) is 5.10 Å². The minimum atomic E-state index is -0.124. The molecule has 0 aromatic carbocycles. The first kappa shape index (κ1) is 19.4. The van der Waals surface area contributed by atoms with Crippen molar-refractivity contribution in [1.82, 2.24) is 24.7 Å². The monoisotopic (exact) mass is 431 g/mol. The Morgan fingerprint density at radius 2 is 2.10 bits per heavy atom. The highest BCUT2D eigenvalue weighted by Gasteiger charge is 2.28. The van der Waals surface area contributed by atoms with Gasteiger partial charge in [-0.1, -0.05) is 11.3 Å². The molecule has 0 aliphatic heterocycles. The molecule has 1 aliphatic carbocycles. The number of carbonyl (C=O) groups excluding carboxylic acids is 1. The number of nitrogens with zero attached hydrogens (tertiary/aromatic N) is 5. The average molecular weight is 432 g/mol. The zero-order valence-corrected chi connectivity index (χ0v) is 18.0. The van der Waals surface area contributed by atoms with Crippen LogP contribution >= 0.6 is 11.3 Å². The number of pyridine rings is 2. The molecule has 156 valence electrons. The number of aromatic nitrogens is 5. The first-order valence-corrected chi connectivity index (χ1v) is 10.9. The van der Waals surface area contributed by atoms with Crippen molar-refractivity contribution in [1.29, 1.82) is 0 Å². The van der Waals surface area contributed by atoms with Crippen LogP contribution in [-0.4, -0.2) is 37.7 Å². The van der Waals surface area contributed by atoms with E-state index in [4.69, 9.17) is 10.1 Å². The van der Waals surface area contributed by atoms with Crippen LogP contribution in [0.1, 0.15) is 24.6 Å². The average Bonchev–Trinajstić information content (AvgIpc) is 3.30. The Morgan fingerprint density at radius 1 is 1.19 bits per heavy atom. The minimum Gasteiger partial charge on any atom is -0.373 e. The van der Waals surface area contributed by atoms with E-state index in [0.717, 1.165) is 58.3 Å². The van der Waals surface area contributed by atoms with Crippen molar-refractivity contribution in [2.75, 3.05) is 17.7 Å². The predicted octanol–water partition coefficient (Wildman–Crippen LogP) is 3.94. The second-order valence-electron chi connectivity index (χ2n) is 7.31. The van der Waals surface area contributed by atoms with Crippen LogP contribution in [0.5, 0.6) is 0 Å². The minimum absolute atomic E-state index is 0.124. The Morgan fingerprint density at radius 3 is 2.81 bits per heavy atom. The molecule has 0 spiro atoms. The maximum absolute atomic E-state index is 11.6. The highest BCUT2D eigenvalue weighted by Crippen LogP contribution is 2.43. The smallest absolute Gasteiger partial charge is 0.223 e. The van der Waals surface area contributed by atoms with Crippen molar-refractivity contribution in [2.45, 2.75) is 26.2 Å². The van der Waals surface area contributed by atoms with Crippen LogP contribution in [-0.2, 0) is 17.6 Å². The van der Waals surface area contributed by atoms with Crippen LogP contribution in [0.3, 0.4) is 0 Å². The number of hydrogen-bond donors (Lipinski definition) is 2. The topological polar surface area (TPSA) is 97.6 Å². The molecule has 0 saturated carbocycles. The van der Waals surface area contributed by atoms with Gasteiger partial charge in [0.1, 0.15) is 5.82 Å². The molecule has 0 unspecified atom stereocenters. The van der Waals surface area contributed by atoms with Crippen LogP contribution in [0.25, 0.3) is 27.5 Å². The van der Waals surface area contributed by atoms with Crippen molar-refractivity contribution in [3.8, 4) is 27.5 Å². The van der Waals surface area contributed by atoms with E-state index in [1.54, 1.807) is 12.4 Å². The first-order chi connectivity index (χ1) is 15.1. The lowest BCUT2D eigenvalue weighted by Gasteiger charge is -2.06. The van der Waals surface area contributed by atoms with Crippen molar-refractivity contribution in [3.05, 3.63) is 54.1 Å². The van der Waals surface area contributed by atoms with E-state index in [9.17, 15) is 4.79 Å². The van der Waals surface area contributed by atoms with E-state index in [-0.39, 0.29) is 5.91 Å². The summed E-state index contributed by atoms with van der Waals surface area (Å²) in [5, 5.41) is 11.5. The van der Waals surface area contributed by atoms with Gasteiger partial charge in [0.05, 0.1) is 33.8 Å². The zero-order chi connectivity index (χ0) is 21.4. The Hall–Kier alpha value is -3.59. The van der Waals surface area contributed by atoms with Gasteiger partial charge in [0.25, 0.3) is 0 Å². The second-order valence-corrected chi connectivity index (χ2v) is 8.31. The number of nitrogens with one attached hydrogen (secondary N) is 2. The molecule has 8 nitrogen and oxygen atoms in total. The fourth-order valence-electron chi connectivity index (χ4n) is 3.84. The number of hydrogen-bond acceptors (Lipinski definition) is 7. The third-order valence-electron chi connectivity index (χ3n) is 5.20. The van der Waals surface area contributed by atoms with Gasteiger partial charge < -0.3 is 10.6 Å². The number of fused-ring (bicyclic) bond motifs is 3. The molecule has 4 aromatic rings.